The third-order valence-corrected chi connectivity index (χ3v) is 11.7. The van der Waals surface area contributed by atoms with Crippen LogP contribution in [0.15, 0.2) is 89.8 Å². The van der Waals surface area contributed by atoms with Gasteiger partial charge in [-0.3, -0.25) is 4.79 Å². The Morgan fingerprint density at radius 3 is 1.89 bits per heavy atom. The smallest absolute Gasteiger partial charge is 0.326 e. The molecule has 0 saturated carbocycles. The van der Waals surface area contributed by atoms with Gasteiger partial charge in [-0.2, -0.15) is 0 Å². The molecule has 230 valence electrons. The largest absolute Gasteiger partial charge is 0.508 e. The standard InChI is InChI=1S/C31H28Cl2NO8PS/c1-44(41,42)25-10-2-5-19(13-25)16-28(31(38)39)34-30(37)29-26(32)14-20(15-27(29)33)11-12-43(40,23-8-3-6-21(35)17-23)24-9-4-7-22(36)18-24/h2-10,13-15,17-18,28,35-36H,11-12,16H2,1H3,(H,34,37)(H,38,39). The molecule has 0 saturated heterocycles. The van der Waals surface area contributed by atoms with Gasteiger partial charge in [-0.25, -0.2) is 13.2 Å². The maximum atomic E-state index is 14.4. The maximum absolute atomic E-state index is 14.4. The van der Waals surface area contributed by atoms with Crippen molar-refractivity contribution in [1.29, 1.82) is 0 Å². The SMILES string of the molecule is CS(=O)(=O)c1cccc(CC(NC(=O)c2c(Cl)cc(CCP(=O)(c3cccc(O)c3)c3cccc(O)c3)cc2Cl)C(=O)O)c1. The first kappa shape index (κ1) is 33.1. The number of aliphatic carboxylic acids is 1. The van der Waals surface area contributed by atoms with Crippen LogP contribution in [0.2, 0.25) is 10.0 Å². The number of hydrogen-bond donors (Lipinski definition) is 4. The topological polar surface area (TPSA) is 158 Å². The van der Waals surface area contributed by atoms with Crippen LogP contribution in [-0.4, -0.2) is 54.1 Å². The molecule has 4 rings (SSSR count). The van der Waals surface area contributed by atoms with Crippen LogP contribution >= 0.6 is 30.3 Å². The summed E-state index contributed by atoms with van der Waals surface area (Å²) in [5, 5.41) is 32.9. The van der Waals surface area contributed by atoms with Gasteiger partial charge in [0.1, 0.15) is 24.7 Å². The molecule has 0 fully saturated rings. The molecule has 0 aliphatic heterocycles. The molecule has 0 spiro atoms. The molecule has 0 heterocycles. The average Bonchev–Trinajstić information content (AvgIpc) is 2.95. The first-order valence-corrected chi connectivity index (χ1v) is 17.7. The summed E-state index contributed by atoms with van der Waals surface area (Å²) in [5.74, 6) is -2.32. The number of carbonyl (C=O) groups is 2. The Hall–Kier alpha value is -3.82. The average molecular weight is 677 g/mol. The molecule has 4 N–H and O–H groups in total. The van der Waals surface area contributed by atoms with Crippen molar-refractivity contribution in [3.05, 3.63) is 112 Å². The number of phenols is 2. The zero-order valence-corrected chi connectivity index (χ0v) is 26.5. The highest BCUT2D eigenvalue weighted by Crippen LogP contribution is 2.45. The van der Waals surface area contributed by atoms with Crippen molar-refractivity contribution in [3.63, 3.8) is 0 Å². The van der Waals surface area contributed by atoms with Gasteiger partial charge in [0, 0.05) is 29.4 Å². The lowest BCUT2D eigenvalue weighted by molar-refractivity contribution is -0.139. The van der Waals surface area contributed by atoms with Gasteiger partial charge in [0.05, 0.1) is 20.5 Å². The Bertz CT molecular complexity index is 1820. The molecule has 1 amide bonds. The van der Waals surface area contributed by atoms with Gasteiger partial charge in [0.15, 0.2) is 9.84 Å². The number of rotatable bonds is 11. The van der Waals surface area contributed by atoms with Crippen LogP contribution in [0.25, 0.3) is 0 Å². The Morgan fingerprint density at radius 2 is 1.39 bits per heavy atom. The molecule has 9 nitrogen and oxygen atoms in total. The zero-order valence-electron chi connectivity index (χ0n) is 23.3. The number of benzene rings is 4. The Balaban J connectivity index is 1.56. The predicted molar refractivity (Wildman–Crippen MR) is 170 cm³/mol. The number of carbonyl (C=O) groups excluding carboxylic acids is 1. The normalized spacial score (nSPS) is 12.4. The van der Waals surface area contributed by atoms with E-state index < -0.39 is 34.9 Å². The van der Waals surface area contributed by atoms with E-state index in [-0.39, 0.29) is 51.0 Å². The fraction of sp³-hybridized carbons (Fsp3) is 0.161. The van der Waals surface area contributed by atoms with Crippen LogP contribution in [0.5, 0.6) is 11.5 Å². The van der Waals surface area contributed by atoms with Crippen molar-refractivity contribution in [2.75, 3.05) is 12.4 Å². The number of carboxylic acid groups (broad SMARTS) is 1. The molecule has 4 aromatic rings. The van der Waals surface area contributed by atoms with Crippen molar-refractivity contribution in [3.8, 4) is 11.5 Å². The molecular formula is C31H28Cl2NO8PS. The summed E-state index contributed by atoms with van der Waals surface area (Å²) in [6, 6.07) is 19.5. The van der Waals surface area contributed by atoms with Gasteiger partial charge in [-0.05, 0) is 66.1 Å². The van der Waals surface area contributed by atoms with Gasteiger partial charge in [-0.1, -0.05) is 59.6 Å². The molecule has 13 heteroatoms. The summed E-state index contributed by atoms with van der Waals surface area (Å²) < 4.78 is 38.2. The Morgan fingerprint density at radius 1 is 0.841 bits per heavy atom. The number of carboxylic acids is 1. The van der Waals surface area contributed by atoms with E-state index in [1.54, 1.807) is 30.3 Å². The van der Waals surface area contributed by atoms with E-state index in [9.17, 15) is 37.9 Å². The van der Waals surface area contributed by atoms with E-state index in [0.29, 0.717) is 21.7 Å². The fourth-order valence-electron chi connectivity index (χ4n) is 4.69. The van der Waals surface area contributed by atoms with E-state index in [0.717, 1.165) is 6.26 Å². The van der Waals surface area contributed by atoms with Gasteiger partial charge >= 0.3 is 5.97 Å². The van der Waals surface area contributed by atoms with Gasteiger partial charge in [0.2, 0.25) is 0 Å². The highest BCUT2D eigenvalue weighted by molar-refractivity contribution is 7.90. The molecular weight excluding hydrogens is 648 g/mol. The molecule has 1 unspecified atom stereocenters. The van der Waals surface area contributed by atoms with Crippen molar-refractivity contribution in [2.45, 2.75) is 23.8 Å². The minimum atomic E-state index is -3.52. The van der Waals surface area contributed by atoms with Crippen molar-refractivity contribution >= 4 is 62.7 Å². The van der Waals surface area contributed by atoms with Crippen LogP contribution in [0, 0.1) is 0 Å². The molecule has 4 aromatic carbocycles. The molecule has 0 radical (unpaired) electrons. The van der Waals surface area contributed by atoms with Crippen LogP contribution < -0.4 is 15.9 Å². The van der Waals surface area contributed by atoms with Crippen LogP contribution in [0.4, 0.5) is 0 Å². The lowest BCUT2D eigenvalue weighted by atomic mass is 10.0. The molecule has 1 atom stereocenters. The second kappa shape index (κ2) is 13.4. The summed E-state index contributed by atoms with van der Waals surface area (Å²) in [7, 11) is -6.89. The predicted octanol–water partition coefficient (Wildman–Crippen LogP) is 4.79. The summed E-state index contributed by atoms with van der Waals surface area (Å²) in [5.41, 5.74) is 0.776. The molecule has 0 aliphatic rings. The molecule has 0 aromatic heterocycles. The first-order valence-electron chi connectivity index (χ1n) is 13.2. The summed E-state index contributed by atoms with van der Waals surface area (Å²) in [6.07, 6.45) is 1.11. The van der Waals surface area contributed by atoms with Gasteiger partial charge in [0.25, 0.3) is 5.91 Å². The van der Waals surface area contributed by atoms with E-state index in [2.05, 4.69) is 5.32 Å². The number of halogens is 2. The van der Waals surface area contributed by atoms with E-state index in [4.69, 9.17) is 23.2 Å². The number of nitrogens with one attached hydrogen (secondary N) is 1. The lowest BCUT2D eigenvalue weighted by Crippen LogP contribution is -2.42. The number of aromatic hydroxyl groups is 2. The second-order valence-electron chi connectivity index (χ2n) is 10.2. The van der Waals surface area contributed by atoms with Crippen molar-refractivity contribution in [1.82, 2.24) is 5.32 Å². The highest BCUT2D eigenvalue weighted by atomic mass is 35.5. The van der Waals surface area contributed by atoms with Crippen molar-refractivity contribution < 1.29 is 37.9 Å². The third-order valence-electron chi connectivity index (χ3n) is 6.91. The van der Waals surface area contributed by atoms with Crippen LogP contribution in [-0.2, 0) is 32.0 Å². The summed E-state index contributed by atoms with van der Waals surface area (Å²) in [6.45, 7) is 0. The molecule has 0 aliphatic carbocycles. The second-order valence-corrected chi connectivity index (χ2v) is 16.0. The van der Waals surface area contributed by atoms with E-state index in [1.165, 1.54) is 54.6 Å². The number of sulfone groups is 1. The number of hydrogen-bond acceptors (Lipinski definition) is 7. The van der Waals surface area contributed by atoms with Crippen LogP contribution in [0.1, 0.15) is 21.5 Å². The minimum Gasteiger partial charge on any atom is -0.508 e. The quantitative estimate of drug-likeness (QED) is 0.165. The van der Waals surface area contributed by atoms with Gasteiger partial charge in [-0.15, -0.1) is 0 Å². The monoisotopic (exact) mass is 675 g/mol. The van der Waals surface area contributed by atoms with E-state index >= 15 is 0 Å². The maximum Gasteiger partial charge on any atom is 0.326 e. The number of amides is 1. The fourth-order valence-corrected chi connectivity index (χ4v) is 8.80. The van der Waals surface area contributed by atoms with Crippen LogP contribution in [0.3, 0.4) is 0 Å². The Kier molecular flexibility index (Phi) is 10.1. The minimum absolute atomic E-state index is 0.0184. The first-order chi connectivity index (χ1) is 20.7. The van der Waals surface area contributed by atoms with E-state index in [1.807, 2.05) is 0 Å². The Labute approximate surface area is 264 Å². The molecule has 44 heavy (non-hydrogen) atoms. The van der Waals surface area contributed by atoms with Gasteiger partial charge < -0.3 is 25.2 Å². The number of phenolic OH excluding ortho intramolecular Hbond substituents is 2. The summed E-state index contributed by atoms with van der Waals surface area (Å²) >= 11 is 12.9. The summed E-state index contributed by atoms with van der Waals surface area (Å²) in [4.78, 5) is 25.1. The third kappa shape index (κ3) is 7.81. The lowest BCUT2D eigenvalue weighted by Gasteiger charge is -2.20. The molecule has 0 bridgehead atoms. The zero-order chi connectivity index (χ0) is 32.2. The highest BCUT2D eigenvalue weighted by Gasteiger charge is 2.29. The number of aryl methyl sites for hydroxylation is 1. The van der Waals surface area contributed by atoms with Crippen molar-refractivity contribution in [2.24, 2.45) is 0 Å².